The van der Waals surface area contributed by atoms with Crippen LogP contribution in [0.1, 0.15) is 30.4 Å². The van der Waals surface area contributed by atoms with E-state index in [9.17, 15) is 0 Å². The van der Waals surface area contributed by atoms with E-state index in [2.05, 4.69) is 27.7 Å². The van der Waals surface area contributed by atoms with Crippen LogP contribution in [0.3, 0.4) is 0 Å². The molecule has 0 bridgehead atoms. The van der Waals surface area contributed by atoms with Gasteiger partial charge in [-0.25, -0.2) is 0 Å². The Balaban J connectivity index is 0.00000529. The third-order valence-corrected chi connectivity index (χ3v) is 3.34. The zero-order valence-electron chi connectivity index (χ0n) is 15.2. The highest BCUT2D eigenvalue weighted by atomic mass is 127. The number of methoxy groups -OCH3 is 1. The quantitative estimate of drug-likeness (QED) is 0.231. The van der Waals surface area contributed by atoms with Crippen LogP contribution in [0.4, 0.5) is 0 Å². The van der Waals surface area contributed by atoms with Crippen LogP contribution in [-0.2, 0) is 15.9 Å². The monoisotopic (exact) mass is 454 g/mol. The molecule has 0 spiro atoms. The van der Waals surface area contributed by atoms with E-state index in [0.717, 1.165) is 49.9 Å². The third-order valence-electron chi connectivity index (χ3n) is 3.34. The summed E-state index contributed by atoms with van der Waals surface area (Å²) in [6.07, 6.45) is 1.76. The van der Waals surface area contributed by atoms with Crippen LogP contribution in [0.15, 0.2) is 9.52 Å². The lowest BCUT2D eigenvalue weighted by atomic mass is 10.1. The molecule has 0 aliphatic rings. The summed E-state index contributed by atoms with van der Waals surface area (Å²) in [7, 11) is 1.67. The summed E-state index contributed by atoms with van der Waals surface area (Å²) in [6.45, 7) is 10.3. The van der Waals surface area contributed by atoms with Gasteiger partial charge in [-0.15, -0.1) is 24.0 Å². The Hall–Kier alpha value is -0.870. The molecule has 1 rings (SSSR count). The largest absolute Gasteiger partial charge is 0.382 e. The number of aliphatic imine (C=N–C) groups is 1. The van der Waals surface area contributed by atoms with Crippen LogP contribution in [-0.4, -0.2) is 57.7 Å². The molecule has 0 aromatic carbocycles. The van der Waals surface area contributed by atoms with Crippen LogP contribution in [0.2, 0.25) is 0 Å². The second-order valence-electron chi connectivity index (χ2n) is 5.20. The van der Waals surface area contributed by atoms with Gasteiger partial charge in [-0.3, -0.25) is 4.99 Å². The fourth-order valence-corrected chi connectivity index (χ4v) is 2.11. The zero-order chi connectivity index (χ0) is 16.9. The van der Waals surface area contributed by atoms with Crippen molar-refractivity contribution in [3.63, 3.8) is 0 Å². The van der Waals surface area contributed by atoms with Crippen molar-refractivity contribution in [3.05, 3.63) is 17.0 Å². The molecule has 24 heavy (non-hydrogen) atoms. The Kier molecular flexibility index (Phi) is 13.9. The van der Waals surface area contributed by atoms with Crippen molar-refractivity contribution in [2.75, 3.05) is 46.6 Å². The fourth-order valence-electron chi connectivity index (χ4n) is 2.11. The van der Waals surface area contributed by atoms with Gasteiger partial charge in [0.1, 0.15) is 5.76 Å². The maximum absolute atomic E-state index is 5.42. The molecule has 0 aliphatic carbocycles. The van der Waals surface area contributed by atoms with Crippen molar-refractivity contribution < 1.29 is 14.0 Å². The van der Waals surface area contributed by atoms with Crippen molar-refractivity contribution >= 4 is 29.9 Å². The molecule has 0 fully saturated rings. The zero-order valence-corrected chi connectivity index (χ0v) is 17.5. The Labute approximate surface area is 162 Å². The first kappa shape index (κ1) is 23.1. The number of aryl methyl sites for hydroxylation is 2. The number of rotatable bonds is 11. The second-order valence-corrected chi connectivity index (χ2v) is 5.20. The lowest BCUT2D eigenvalue weighted by molar-refractivity contribution is 0.0702. The molecule has 1 heterocycles. The SMILES string of the molecule is CCNC(=NCCCOCCOC)NCCc1c(C)noc1C.I. The number of nitrogens with zero attached hydrogens (tertiary/aromatic N) is 2. The summed E-state index contributed by atoms with van der Waals surface area (Å²) in [5, 5.41) is 10.5. The lowest BCUT2D eigenvalue weighted by Crippen LogP contribution is -2.38. The summed E-state index contributed by atoms with van der Waals surface area (Å²) in [4.78, 5) is 4.54. The summed E-state index contributed by atoms with van der Waals surface area (Å²) < 4.78 is 15.5. The average Bonchev–Trinajstić information content (AvgIpc) is 2.85. The van der Waals surface area contributed by atoms with Crippen molar-refractivity contribution in [1.29, 1.82) is 0 Å². The number of guanidine groups is 1. The van der Waals surface area contributed by atoms with Crippen LogP contribution in [0, 0.1) is 13.8 Å². The highest BCUT2D eigenvalue weighted by molar-refractivity contribution is 14.0. The maximum atomic E-state index is 5.42. The molecule has 2 N–H and O–H groups in total. The van der Waals surface area contributed by atoms with E-state index < -0.39 is 0 Å². The highest BCUT2D eigenvalue weighted by Gasteiger charge is 2.08. The van der Waals surface area contributed by atoms with Gasteiger partial charge in [0.05, 0.1) is 18.9 Å². The van der Waals surface area contributed by atoms with Gasteiger partial charge in [0.2, 0.25) is 0 Å². The lowest BCUT2D eigenvalue weighted by Gasteiger charge is -2.11. The minimum absolute atomic E-state index is 0. The first-order valence-corrected chi connectivity index (χ1v) is 8.19. The first-order chi connectivity index (χ1) is 11.2. The van der Waals surface area contributed by atoms with E-state index in [4.69, 9.17) is 14.0 Å². The number of halogens is 1. The number of hydrogen-bond donors (Lipinski definition) is 2. The standard InChI is InChI=1S/C16H30N4O3.HI/c1-5-17-16(18-8-6-10-22-12-11-21-4)19-9-7-15-13(2)20-23-14(15)3;/h5-12H2,1-4H3,(H2,17,18,19);1H. The second kappa shape index (κ2) is 14.5. The molecule has 140 valence electrons. The van der Waals surface area contributed by atoms with Gasteiger partial charge in [0.25, 0.3) is 0 Å². The highest BCUT2D eigenvalue weighted by Crippen LogP contribution is 2.11. The Morgan fingerprint density at radius 2 is 2.00 bits per heavy atom. The molecule has 0 unspecified atom stereocenters. The molecular weight excluding hydrogens is 423 g/mol. The van der Waals surface area contributed by atoms with E-state index in [-0.39, 0.29) is 24.0 Å². The maximum Gasteiger partial charge on any atom is 0.191 e. The number of hydrogen-bond acceptors (Lipinski definition) is 5. The Bertz CT molecular complexity index is 447. The minimum Gasteiger partial charge on any atom is -0.382 e. The van der Waals surface area contributed by atoms with E-state index in [1.165, 1.54) is 5.56 Å². The van der Waals surface area contributed by atoms with Gasteiger partial charge in [-0.05, 0) is 33.6 Å². The predicted octanol–water partition coefficient (Wildman–Crippen LogP) is 2.06. The molecule has 0 saturated heterocycles. The molecule has 0 saturated carbocycles. The number of ether oxygens (including phenoxy) is 2. The molecule has 1 aromatic heterocycles. The van der Waals surface area contributed by atoms with Crippen LogP contribution in [0.5, 0.6) is 0 Å². The Morgan fingerprint density at radius 3 is 2.62 bits per heavy atom. The van der Waals surface area contributed by atoms with Crippen molar-refractivity contribution in [1.82, 2.24) is 15.8 Å². The average molecular weight is 454 g/mol. The third kappa shape index (κ3) is 9.43. The van der Waals surface area contributed by atoms with E-state index >= 15 is 0 Å². The predicted molar refractivity (Wildman–Crippen MR) is 106 cm³/mol. The molecule has 0 amide bonds. The summed E-state index contributed by atoms with van der Waals surface area (Å²) in [6, 6.07) is 0. The first-order valence-electron chi connectivity index (χ1n) is 8.19. The summed E-state index contributed by atoms with van der Waals surface area (Å²) in [5.41, 5.74) is 2.12. The van der Waals surface area contributed by atoms with E-state index in [1.807, 2.05) is 13.8 Å². The number of nitrogens with one attached hydrogen (secondary N) is 2. The topological polar surface area (TPSA) is 80.9 Å². The van der Waals surface area contributed by atoms with Gasteiger partial charge < -0.3 is 24.6 Å². The molecule has 8 heteroatoms. The van der Waals surface area contributed by atoms with Crippen LogP contribution >= 0.6 is 24.0 Å². The van der Waals surface area contributed by atoms with Gasteiger partial charge in [-0.2, -0.15) is 0 Å². The molecule has 0 radical (unpaired) electrons. The number of aromatic nitrogens is 1. The van der Waals surface area contributed by atoms with Gasteiger partial charge in [0, 0.05) is 38.9 Å². The van der Waals surface area contributed by atoms with E-state index in [1.54, 1.807) is 7.11 Å². The molecule has 7 nitrogen and oxygen atoms in total. The van der Waals surface area contributed by atoms with Gasteiger partial charge in [-0.1, -0.05) is 5.16 Å². The van der Waals surface area contributed by atoms with Crippen molar-refractivity contribution in [3.8, 4) is 0 Å². The van der Waals surface area contributed by atoms with Crippen LogP contribution < -0.4 is 10.6 Å². The smallest absolute Gasteiger partial charge is 0.191 e. The summed E-state index contributed by atoms with van der Waals surface area (Å²) in [5.74, 6) is 1.72. The molecule has 0 atom stereocenters. The van der Waals surface area contributed by atoms with Crippen LogP contribution in [0.25, 0.3) is 0 Å². The van der Waals surface area contributed by atoms with Crippen molar-refractivity contribution in [2.24, 2.45) is 4.99 Å². The Morgan fingerprint density at radius 1 is 1.21 bits per heavy atom. The molecule has 0 aliphatic heterocycles. The van der Waals surface area contributed by atoms with E-state index in [0.29, 0.717) is 19.8 Å². The fraction of sp³-hybridized carbons (Fsp3) is 0.750. The van der Waals surface area contributed by atoms with Gasteiger partial charge >= 0.3 is 0 Å². The molecular formula is C16H31IN4O3. The minimum atomic E-state index is 0. The van der Waals surface area contributed by atoms with Gasteiger partial charge in [0.15, 0.2) is 5.96 Å². The van der Waals surface area contributed by atoms with Crippen molar-refractivity contribution in [2.45, 2.75) is 33.6 Å². The normalized spacial score (nSPS) is 11.2. The summed E-state index contributed by atoms with van der Waals surface area (Å²) >= 11 is 0. The molecule has 1 aromatic rings.